The van der Waals surface area contributed by atoms with E-state index in [-0.39, 0.29) is 0 Å². The van der Waals surface area contributed by atoms with Crippen LogP contribution < -0.4 is 0 Å². The second-order valence-corrected chi connectivity index (χ2v) is 15.5. The second kappa shape index (κ2) is 11.7. The van der Waals surface area contributed by atoms with Crippen LogP contribution in [0.3, 0.4) is 0 Å². The van der Waals surface area contributed by atoms with E-state index in [2.05, 4.69) is 181 Å². The summed E-state index contributed by atoms with van der Waals surface area (Å²) in [5.41, 5.74) is 9.04. The quantitative estimate of drug-likeness (QED) is 0.161. The fourth-order valence-corrected chi connectivity index (χ4v) is 10.6. The standard InChI is InChI=1S/C50H30S2/c1-2-14-31(15-3-1)46-33-16-4-6-18-35(33)47(36-19-7-5-17-34(36)46)32-27-28-41-45(30-32)52-44-25-12-24-42(50(41)44)48-37-20-8-10-22-39(37)49(43-26-13-29-51-43)40-23-11-9-21-38(40)48/h1-30H. The highest BCUT2D eigenvalue weighted by atomic mass is 32.1. The highest BCUT2D eigenvalue weighted by Gasteiger charge is 2.21. The first-order valence-corrected chi connectivity index (χ1v) is 19.5. The lowest BCUT2D eigenvalue weighted by Gasteiger charge is -2.18. The maximum absolute atomic E-state index is 2.44. The molecule has 242 valence electrons. The van der Waals surface area contributed by atoms with Crippen molar-refractivity contribution >= 4 is 85.9 Å². The van der Waals surface area contributed by atoms with Gasteiger partial charge < -0.3 is 0 Å². The van der Waals surface area contributed by atoms with Crippen LogP contribution in [0.4, 0.5) is 0 Å². The number of hydrogen-bond acceptors (Lipinski definition) is 2. The summed E-state index contributed by atoms with van der Waals surface area (Å²) in [5.74, 6) is 0. The molecule has 0 spiro atoms. The minimum Gasteiger partial charge on any atom is -0.144 e. The summed E-state index contributed by atoms with van der Waals surface area (Å²) >= 11 is 3.72. The van der Waals surface area contributed by atoms with Gasteiger partial charge in [-0.05, 0) is 100 Å². The topological polar surface area (TPSA) is 0 Å². The average molecular weight is 695 g/mol. The first-order chi connectivity index (χ1) is 25.8. The molecule has 11 aromatic rings. The number of fused-ring (bicyclic) bond motifs is 7. The van der Waals surface area contributed by atoms with Crippen molar-refractivity contribution in [2.75, 3.05) is 0 Å². The van der Waals surface area contributed by atoms with Crippen molar-refractivity contribution in [2.24, 2.45) is 0 Å². The zero-order valence-corrected chi connectivity index (χ0v) is 29.8. The van der Waals surface area contributed by atoms with Gasteiger partial charge in [0.05, 0.1) is 0 Å². The molecule has 11 rings (SSSR count). The highest BCUT2D eigenvalue weighted by molar-refractivity contribution is 7.26. The third kappa shape index (κ3) is 4.38. The van der Waals surface area contributed by atoms with Gasteiger partial charge in [-0.2, -0.15) is 0 Å². The molecule has 0 aliphatic heterocycles. The van der Waals surface area contributed by atoms with Crippen LogP contribution in [0.5, 0.6) is 0 Å². The van der Waals surface area contributed by atoms with E-state index in [1.807, 2.05) is 22.7 Å². The summed E-state index contributed by atoms with van der Waals surface area (Å²) in [7, 11) is 0. The van der Waals surface area contributed by atoms with Crippen LogP contribution >= 0.6 is 22.7 Å². The molecule has 0 amide bonds. The van der Waals surface area contributed by atoms with Gasteiger partial charge in [0.25, 0.3) is 0 Å². The maximum atomic E-state index is 2.44. The predicted octanol–water partition coefficient (Wildman–Crippen LogP) is 15.4. The molecule has 0 nitrogen and oxygen atoms in total. The van der Waals surface area contributed by atoms with Crippen molar-refractivity contribution in [3.63, 3.8) is 0 Å². The van der Waals surface area contributed by atoms with Gasteiger partial charge in [0.15, 0.2) is 0 Å². The molecule has 0 fully saturated rings. The smallest absolute Gasteiger partial charge is 0.0361 e. The van der Waals surface area contributed by atoms with E-state index in [4.69, 9.17) is 0 Å². The van der Waals surface area contributed by atoms with Crippen molar-refractivity contribution in [3.8, 4) is 43.8 Å². The molecule has 0 aliphatic carbocycles. The van der Waals surface area contributed by atoms with Crippen LogP contribution in [0, 0.1) is 0 Å². The SMILES string of the molecule is c1ccc(-c2c3ccccc3c(-c3ccc4c(c3)sc3cccc(-c5c6ccccc6c(-c6cccs6)c6ccccc56)c34)c3ccccc23)cc1. The number of benzene rings is 9. The molecule has 2 heteroatoms. The Balaban J connectivity index is 1.19. The molecule has 2 heterocycles. The molecule has 2 aromatic heterocycles. The number of rotatable bonds is 4. The van der Waals surface area contributed by atoms with E-state index in [0.29, 0.717) is 0 Å². The van der Waals surface area contributed by atoms with Crippen LogP contribution in [-0.4, -0.2) is 0 Å². The van der Waals surface area contributed by atoms with Gasteiger partial charge in [-0.25, -0.2) is 0 Å². The molecular formula is C50H30S2. The van der Waals surface area contributed by atoms with E-state index in [0.717, 1.165) is 0 Å². The maximum Gasteiger partial charge on any atom is 0.0361 e. The number of hydrogen-bond donors (Lipinski definition) is 0. The van der Waals surface area contributed by atoms with Crippen LogP contribution in [0.15, 0.2) is 181 Å². The molecule has 0 unspecified atom stereocenters. The largest absolute Gasteiger partial charge is 0.144 e. The van der Waals surface area contributed by atoms with Crippen molar-refractivity contribution < 1.29 is 0 Å². The van der Waals surface area contributed by atoms with Crippen molar-refractivity contribution in [1.82, 2.24) is 0 Å². The normalized spacial score (nSPS) is 11.8. The summed E-state index contributed by atoms with van der Waals surface area (Å²) < 4.78 is 2.62. The van der Waals surface area contributed by atoms with Gasteiger partial charge >= 0.3 is 0 Å². The Hall–Kier alpha value is -6.06. The fraction of sp³-hybridized carbons (Fsp3) is 0. The Morgan fingerprint density at radius 2 is 0.827 bits per heavy atom. The predicted molar refractivity (Wildman–Crippen MR) is 229 cm³/mol. The molecule has 0 bridgehead atoms. The van der Waals surface area contributed by atoms with E-state index >= 15 is 0 Å². The first kappa shape index (κ1) is 29.6. The lowest BCUT2D eigenvalue weighted by atomic mass is 9.85. The lowest BCUT2D eigenvalue weighted by Crippen LogP contribution is -1.91. The molecule has 52 heavy (non-hydrogen) atoms. The van der Waals surface area contributed by atoms with E-state index in [1.165, 1.54) is 107 Å². The monoisotopic (exact) mass is 694 g/mol. The van der Waals surface area contributed by atoms with Gasteiger partial charge in [0, 0.05) is 30.6 Å². The van der Waals surface area contributed by atoms with E-state index in [9.17, 15) is 0 Å². The van der Waals surface area contributed by atoms with Gasteiger partial charge in [0.1, 0.15) is 0 Å². The van der Waals surface area contributed by atoms with Crippen LogP contribution in [0.25, 0.3) is 107 Å². The van der Waals surface area contributed by atoms with E-state index < -0.39 is 0 Å². The lowest BCUT2D eigenvalue weighted by molar-refractivity contribution is 1.66. The molecule has 9 aromatic carbocycles. The summed E-state index contributed by atoms with van der Waals surface area (Å²) in [5, 5.41) is 15.2. The average Bonchev–Trinajstić information content (AvgIpc) is 3.87. The minimum atomic E-state index is 1.25. The zero-order valence-electron chi connectivity index (χ0n) is 28.1. The van der Waals surface area contributed by atoms with Crippen molar-refractivity contribution in [1.29, 1.82) is 0 Å². The first-order valence-electron chi connectivity index (χ1n) is 17.8. The Morgan fingerprint density at radius 3 is 1.38 bits per heavy atom. The van der Waals surface area contributed by atoms with Gasteiger partial charge in [-0.15, -0.1) is 22.7 Å². The second-order valence-electron chi connectivity index (χ2n) is 13.5. The van der Waals surface area contributed by atoms with Crippen LogP contribution in [-0.2, 0) is 0 Å². The summed E-state index contributed by atoms with van der Waals surface area (Å²) in [6.45, 7) is 0. The van der Waals surface area contributed by atoms with Gasteiger partial charge in [-0.3, -0.25) is 0 Å². The third-order valence-corrected chi connectivity index (χ3v) is 12.8. The van der Waals surface area contributed by atoms with Crippen LogP contribution in [0.1, 0.15) is 0 Å². The van der Waals surface area contributed by atoms with Gasteiger partial charge in [-0.1, -0.05) is 158 Å². The summed E-state index contributed by atoms with van der Waals surface area (Å²) in [6, 6.07) is 65.2. The minimum absolute atomic E-state index is 1.25. The molecule has 0 radical (unpaired) electrons. The zero-order chi connectivity index (χ0) is 34.2. The summed E-state index contributed by atoms with van der Waals surface area (Å²) in [6.07, 6.45) is 0. The number of thiophene rings is 2. The Bertz CT molecular complexity index is 3050. The Kier molecular flexibility index (Phi) is 6.70. The summed E-state index contributed by atoms with van der Waals surface area (Å²) in [4.78, 5) is 1.31. The highest BCUT2D eigenvalue weighted by Crippen LogP contribution is 2.50. The van der Waals surface area contributed by atoms with Crippen molar-refractivity contribution in [3.05, 3.63) is 181 Å². The Morgan fingerprint density at radius 1 is 0.308 bits per heavy atom. The molecule has 0 aliphatic rings. The molecule has 0 saturated carbocycles. The molecular weight excluding hydrogens is 665 g/mol. The molecule has 0 N–H and O–H groups in total. The van der Waals surface area contributed by atoms with E-state index in [1.54, 1.807) is 0 Å². The van der Waals surface area contributed by atoms with Crippen LogP contribution in [0.2, 0.25) is 0 Å². The van der Waals surface area contributed by atoms with Crippen molar-refractivity contribution in [2.45, 2.75) is 0 Å². The fourth-order valence-electron chi connectivity index (χ4n) is 8.65. The molecule has 0 atom stereocenters. The third-order valence-electron chi connectivity index (χ3n) is 10.7. The Labute approximate surface area is 309 Å². The van der Waals surface area contributed by atoms with Gasteiger partial charge in [0.2, 0.25) is 0 Å². The molecule has 0 saturated heterocycles.